The quantitative estimate of drug-likeness (QED) is 0.580. The Labute approximate surface area is 161 Å². The van der Waals surface area contributed by atoms with Gasteiger partial charge in [-0.1, -0.05) is 0 Å². The van der Waals surface area contributed by atoms with Crippen molar-refractivity contribution in [2.75, 3.05) is 23.1 Å². The molecule has 0 saturated carbocycles. The zero-order valence-electron chi connectivity index (χ0n) is 15.3. The zero-order valence-corrected chi connectivity index (χ0v) is 16.2. The number of hydrogen-bond donors (Lipinski definition) is 2. The molecule has 0 bridgehead atoms. The third-order valence-corrected chi connectivity index (χ3v) is 6.35. The molecule has 4 heterocycles. The second-order valence-corrected chi connectivity index (χ2v) is 8.42. The van der Waals surface area contributed by atoms with Crippen molar-refractivity contribution in [1.29, 1.82) is 0 Å². The Morgan fingerprint density at radius 3 is 2.86 bits per heavy atom. The largest absolute Gasteiger partial charge is 0.628 e. The second kappa shape index (κ2) is 6.96. The third kappa shape index (κ3) is 3.15. The summed E-state index contributed by atoms with van der Waals surface area (Å²) in [5, 5.41) is 18.4. The lowest BCUT2D eigenvalue weighted by atomic mass is 10.1. The van der Waals surface area contributed by atoms with Gasteiger partial charge < -0.3 is 14.7 Å². The van der Waals surface area contributed by atoms with Crippen molar-refractivity contribution in [3.8, 4) is 23.0 Å². The van der Waals surface area contributed by atoms with Gasteiger partial charge in [-0.15, -0.1) is 0 Å². The van der Waals surface area contributed by atoms with Crippen LogP contribution in [0.4, 0.5) is 11.6 Å². The summed E-state index contributed by atoms with van der Waals surface area (Å²) >= 11 is 0. The number of anilines is 1. The molecule has 1 saturated heterocycles. The van der Waals surface area contributed by atoms with E-state index >= 15 is 0 Å². The Balaban J connectivity index is 1.87. The molecule has 148 valence electrons. The van der Waals surface area contributed by atoms with Crippen molar-refractivity contribution in [3.63, 3.8) is 0 Å². The Kier molecular flexibility index (Phi) is 4.61. The lowest BCUT2D eigenvalue weighted by Crippen LogP contribution is -3.01. The number of aryl methyl sites for hydroxylation is 1. The lowest BCUT2D eigenvalue weighted by molar-refractivity contribution is -0.776. The van der Waals surface area contributed by atoms with Crippen LogP contribution in [0.25, 0.3) is 23.0 Å². The molecule has 1 fully saturated rings. The van der Waals surface area contributed by atoms with Gasteiger partial charge in [0.25, 0.3) is 0 Å². The van der Waals surface area contributed by atoms with E-state index in [0.717, 1.165) is 5.56 Å². The summed E-state index contributed by atoms with van der Waals surface area (Å²) in [6, 6.07) is 1.61. The summed E-state index contributed by atoms with van der Waals surface area (Å²) in [6.45, 7) is 4.20. The first-order valence-corrected chi connectivity index (χ1v) is 10.4. The monoisotopic (exact) mass is 405 g/mol. The Morgan fingerprint density at radius 2 is 2.21 bits per heavy atom. The van der Waals surface area contributed by atoms with Gasteiger partial charge in [-0.2, -0.15) is 10.1 Å². The molecule has 0 spiro atoms. The Morgan fingerprint density at radius 1 is 1.39 bits per heavy atom. The van der Waals surface area contributed by atoms with Gasteiger partial charge in [0.2, 0.25) is 27.5 Å². The van der Waals surface area contributed by atoms with Crippen LogP contribution in [0.3, 0.4) is 0 Å². The van der Waals surface area contributed by atoms with Crippen LogP contribution < -0.4 is 9.37 Å². The van der Waals surface area contributed by atoms with Gasteiger partial charge in [-0.25, -0.2) is 18.4 Å². The van der Waals surface area contributed by atoms with E-state index in [0.29, 0.717) is 30.9 Å². The van der Waals surface area contributed by atoms with Gasteiger partial charge in [-0.3, -0.25) is 9.40 Å². The highest BCUT2D eigenvalue weighted by atomic mass is 32.2. The fourth-order valence-electron chi connectivity index (χ4n) is 3.03. The van der Waals surface area contributed by atoms with Crippen LogP contribution in [0.15, 0.2) is 23.0 Å². The first-order valence-electron chi connectivity index (χ1n) is 8.78. The van der Waals surface area contributed by atoms with Gasteiger partial charge in [0, 0.05) is 24.4 Å². The topological polar surface area (TPSA) is 145 Å². The Hall–Kier alpha value is -2.83. The third-order valence-electron chi connectivity index (χ3n) is 4.52. The van der Waals surface area contributed by atoms with Crippen LogP contribution in [0.5, 0.6) is 0 Å². The second-order valence-electron chi connectivity index (χ2n) is 6.41. The highest BCUT2D eigenvalue weighted by Crippen LogP contribution is 2.37. The minimum absolute atomic E-state index is 0.0501. The smallest absolute Gasteiger partial charge is 0.236 e. The van der Waals surface area contributed by atoms with E-state index in [-0.39, 0.29) is 34.1 Å². The summed E-state index contributed by atoms with van der Waals surface area (Å²) in [4.78, 5) is 12.7. The van der Waals surface area contributed by atoms with Crippen molar-refractivity contribution in [2.24, 2.45) is 0 Å². The first-order chi connectivity index (χ1) is 13.4. The van der Waals surface area contributed by atoms with E-state index in [9.17, 15) is 13.6 Å². The number of quaternary nitrogens is 1. The first kappa shape index (κ1) is 18.5. The fraction of sp³-hybridized carbons (Fsp3) is 0.375. The highest BCUT2D eigenvalue weighted by molar-refractivity contribution is 7.93. The number of sulfonamides is 1. The standard InChI is InChI=1S/C16H19N7O4S/c1-3-22(24)12-7-11(10(2)8-17-12)16-20-15(23-5-4-6-28(23,25)26)13(27-16)14-18-9-19-21-14/h7-9,22H,3-6H2,1-2H3,(H,18,19,21). The minimum Gasteiger partial charge on any atom is -0.628 e. The number of hydroxylamine groups is 1. The van der Waals surface area contributed by atoms with Gasteiger partial charge >= 0.3 is 0 Å². The van der Waals surface area contributed by atoms with E-state index in [1.54, 1.807) is 19.2 Å². The van der Waals surface area contributed by atoms with Crippen LogP contribution in [0.1, 0.15) is 18.9 Å². The average molecular weight is 405 g/mol. The van der Waals surface area contributed by atoms with Crippen molar-refractivity contribution in [3.05, 3.63) is 29.4 Å². The number of nitrogens with zero attached hydrogens (tertiary/aromatic N) is 5. The van der Waals surface area contributed by atoms with Gasteiger partial charge in [0.15, 0.2) is 11.6 Å². The zero-order chi connectivity index (χ0) is 19.9. The fourth-order valence-corrected chi connectivity index (χ4v) is 4.54. The summed E-state index contributed by atoms with van der Waals surface area (Å²) < 4.78 is 32.0. The van der Waals surface area contributed by atoms with Crippen molar-refractivity contribution in [2.45, 2.75) is 20.3 Å². The average Bonchev–Trinajstić information content (AvgIpc) is 3.40. The number of nitrogens with one attached hydrogen (secondary N) is 2. The number of H-pyrrole nitrogens is 1. The molecule has 2 N–H and O–H groups in total. The van der Waals surface area contributed by atoms with Crippen LogP contribution in [0.2, 0.25) is 0 Å². The summed E-state index contributed by atoms with van der Waals surface area (Å²) in [6.07, 6.45) is 3.38. The van der Waals surface area contributed by atoms with Crippen LogP contribution in [-0.4, -0.2) is 52.4 Å². The molecule has 1 unspecified atom stereocenters. The SMILES string of the molecule is CC[NH+]([O-])c1cc(-c2nc(N3CCCS3(=O)=O)c(-c3ncn[nH]3)o2)c(C)cn1. The van der Waals surface area contributed by atoms with E-state index in [2.05, 4.69) is 25.1 Å². The highest BCUT2D eigenvalue weighted by Gasteiger charge is 2.35. The summed E-state index contributed by atoms with van der Waals surface area (Å²) in [5.41, 5.74) is 1.31. The molecule has 0 radical (unpaired) electrons. The number of aromatic amines is 1. The molecule has 4 rings (SSSR count). The molecule has 3 aromatic rings. The normalized spacial score (nSPS) is 17.2. The van der Waals surface area contributed by atoms with Crippen molar-refractivity contribution >= 4 is 21.7 Å². The molecule has 0 aromatic carbocycles. The number of rotatable bonds is 5. The van der Waals surface area contributed by atoms with E-state index < -0.39 is 10.0 Å². The molecule has 28 heavy (non-hydrogen) atoms. The lowest BCUT2D eigenvalue weighted by Gasteiger charge is -2.18. The van der Waals surface area contributed by atoms with Gasteiger partial charge in [-0.05, 0) is 25.8 Å². The maximum absolute atomic E-state index is 12.4. The predicted molar refractivity (Wildman–Crippen MR) is 100 cm³/mol. The number of oxazole rings is 1. The summed E-state index contributed by atoms with van der Waals surface area (Å²) in [7, 11) is -3.48. The maximum Gasteiger partial charge on any atom is 0.236 e. The van der Waals surface area contributed by atoms with E-state index in [4.69, 9.17) is 4.42 Å². The minimum atomic E-state index is -3.48. The van der Waals surface area contributed by atoms with Crippen LogP contribution in [0, 0.1) is 12.1 Å². The van der Waals surface area contributed by atoms with Crippen molar-refractivity contribution < 1.29 is 17.9 Å². The molecule has 3 aromatic heterocycles. The number of pyridine rings is 1. The molecule has 11 nitrogen and oxygen atoms in total. The maximum atomic E-state index is 12.4. The molecular formula is C16H19N7O4S. The van der Waals surface area contributed by atoms with Gasteiger partial charge in [0.1, 0.15) is 6.33 Å². The molecule has 1 aliphatic heterocycles. The molecule has 0 amide bonds. The van der Waals surface area contributed by atoms with E-state index in [1.807, 2.05) is 6.92 Å². The number of hydrogen-bond acceptors (Lipinski definition) is 8. The number of aromatic nitrogens is 5. The predicted octanol–water partition coefficient (Wildman–Crippen LogP) is 0.404. The molecule has 12 heteroatoms. The molecule has 1 atom stereocenters. The van der Waals surface area contributed by atoms with Gasteiger partial charge in [0.05, 0.1) is 12.3 Å². The molecule has 1 aliphatic rings. The van der Waals surface area contributed by atoms with Crippen molar-refractivity contribution in [1.82, 2.24) is 25.1 Å². The van der Waals surface area contributed by atoms with Crippen LogP contribution in [-0.2, 0) is 10.0 Å². The summed E-state index contributed by atoms with van der Waals surface area (Å²) in [5.74, 6) is 1.15. The molecule has 0 aliphatic carbocycles. The molecular weight excluding hydrogens is 386 g/mol. The Bertz CT molecular complexity index is 1090. The van der Waals surface area contributed by atoms with Crippen LogP contribution >= 0.6 is 0 Å². The van der Waals surface area contributed by atoms with E-state index in [1.165, 1.54) is 10.6 Å².